The van der Waals surface area contributed by atoms with E-state index in [-0.39, 0.29) is 11.8 Å². The molecular weight excluding hydrogens is 386 g/mol. The van der Waals surface area contributed by atoms with Crippen molar-refractivity contribution in [2.45, 2.75) is 4.34 Å². The van der Waals surface area contributed by atoms with Crippen molar-refractivity contribution in [3.05, 3.63) is 29.8 Å². The van der Waals surface area contributed by atoms with Crippen LogP contribution in [0.4, 0.5) is 5.13 Å². The molecule has 0 radical (unpaired) electrons. The maximum atomic E-state index is 12.6. The minimum atomic E-state index is -0.0394. The second kappa shape index (κ2) is 9.05. The van der Waals surface area contributed by atoms with Crippen LogP contribution in [0.5, 0.6) is 5.75 Å². The molecule has 1 aliphatic heterocycles. The number of ether oxygens (including phenoxy) is 1. The quantitative estimate of drug-likeness (QED) is 0.723. The number of aromatic nitrogens is 2. The average molecular weight is 408 g/mol. The first-order valence-corrected chi connectivity index (χ1v) is 10.3. The number of rotatable bonds is 6. The molecule has 1 fully saturated rings. The lowest BCUT2D eigenvalue weighted by Gasteiger charge is -2.34. The largest absolute Gasteiger partial charge is 0.497 e. The Hall–Kier alpha value is -2.33. The smallest absolute Gasteiger partial charge is 0.253 e. The van der Waals surface area contributed by atoms with Gasteiger partial charge in [-0.25, -0.2) is 0 Å². The maximum absolute atomic E-state index is 12.6. The second-order valence-corrected chi connectivity index (χ2v) is 8.00. The number of benzene rings is 1. The third-order valence-corrected chi connectivity index (χ3v) is 6.29. The Morgan fingerprint density at radius 2 is 1.89 bits per heavy atom. The Balaban J connectivity index is 1.53. The Morgan fingerprint density at radius 3 is 2.52 bits per heavy atom. The first-order valence-electron chi connectivity index (χ1n) is 8.46. The molecule has 8 nitrogen and oxygen atoms in total. The van der Waals surface area contributed by atoms with E-state index < -0.39 is 0 Å². The Kier molecular flexibility index (Phi) is 6.51. The lowest BCUT2D eigenvalue weighted by Crippen LogP contribution is -2.48. The highest BCUT2D eigenvalue weighted by molar-refractivity contribution is 8.01. The number of thioether (sulfide) groups is 1. The van der Waals surface area contributed by atoms with E-state index >= 15 is 0 Å². The summed E-state index contributed by atoms with van der Waals surface area (Å²) in [5.41, 5.74) is 0.660. The number of nitrogens with zero attached hydrogens (tertiary/aromatic N) is 4. The molecule has 0 unspecified atom stereocenters. The Morgan fingerprint density at radius 1 is 1.19 bits per heavy atom. The van der Waals surface area contributed by atoms with Gasteiger partial charge in [0.05, 0.1) is 12.9 Å². The molecule has 1 aliphatic rings. The molecule has 0 aliphatic carbocycles. The number of piperazine rings is 1. The second-order valence-electron chi connectivity index (χ2n) is 5.82. The van der Waals surface area contributed by atoms with Crippen LogP contribution in [0, 0.1) is 0 Å². The lowest BCUT2D eigenvalue weighted by atomic mass is 10.1. The van der Waals surface area contributed by atoms with Gasteiger partial charge in [-0.3, -0.25) is 9.59 Å². The fourth-order valence-corrected chi connectivity index (χ4v) is 4.37. The summed E-state index contributed by atoms with van der Waals surface area (Å²) in [7, 11) is 3.22. The van der Waals surface area contributed by atoms with Crippen molar-refractivity contribution in [3.8, 4) is 5.75 Å². The topological polar surface area (TPSA) is 87.7 Å². The number of hydrogen-bond acceptors (Lipinski definition) is 8. The van der Waals surface area contributed by atoms with E-state index in [9.17, 15) is 9.59 Å². The standard InChI is InChI=1S/C17H21N5O3S2/c1-18-14(23)11-26-17-20-19-16(27-17)22-9-7-21(8-10-22)15(24)12-3-5-13(25-2)6-4-12/h3-6H,7-11H2,1-2H3,(H,18,23). The van der Waals surface area contributed by atoms with E-state index in [0.29, 0.717) is 37.5 Å². The third-order valence-electron chi connectivity index (χ3n) is 4.18. The monoisotopic (exact) mass is 407 g/mol. The fraction of sp³-hybridized carbons (Fsp3) is 0.412. The van der Waals surface area contributed by atoms with Crippen molar-refractivity contribution in [1.82, 2.24) is 20.4 Å². The van der Waals surface area contributed by atoms with Crippen molar-refractivity contribution < 1.29 is 14.3 Å². The molecule has 27 heavy (non-hydrogen) atoms. The zero-order valence-corrected chi connectivity index (χ0v) is 16.8. The predicted octanol–water partition coefficient (Wildman–Crippen LogP) is 1.35. The van der Waals surface area contributed by atoms with E-state index in [1.807, 2.05) is 4.90 Å². The summed E-state index contributed by atoms with van der Waals surface area (Å²) >= 11 is 2.85. The van der Waals surface area contributed by atoms with Crippen LogP contribution in [0.1, 0.15) is 10.4 Å². The normalized spacial score (nSPS) is 14.1. The number of methoxy groups -OCH3 is 1. The number of anilines is 1. The van der Waals surface area contributed by atoms with Gasteiger partial charge >= 0.3 is 0 Å². The van der Waals surface area contributed by atoms with Crippen LogP contribution in [-0.4, -0.2) is 73.0 Å². The van der Waals surface area contributed by atoms with E-state index in [1.54, 1.807) is 38.4 Å². The van der Waals surface area contributed by atoms with Crippen molar-refractivity contribution in [3.63, 3.8) is 0 Å². The van der Waals surface area contributed by atoms with Gasteiger partial charge in [0.15, 0.2) is 4.34 Å². The zero-order valence-electron chi connectivity index (χ0n) is 15.2. The number of amides is 2. The number of carbonyl (C=O) groups excluding carboxylic acids is 2. The summed E-state index contributed by atoms with van der Waals surface area (Å²) in [4.78, 5) is 27.9. The summed E-state index contributed by atoms with van der Waals surface area (Å²) in [6.07, 6.45) is 0. The molecule has 0 atom stereocenters. The minimum absolute atomic E-state index is 0.0244. The average Bonchev–Trinajstić information content (AvgIpc) is 3.20. The van der Waals surface area contributed by atoms with Crippen LogP contribution < -0.4 is 15.0 Å². The molecule has 1 aromatic carbocycles. The molecule has 10 heteroatoms. The zero-order chi connectivity index (χ0) is 19.2. The molecule has 0 spiro atoms. The van der Waals surface area contributed by atoms with E-state index in [4.69, 9.17) is 4.74 Å². The van der Waals surface area contributed by atoms with Gasteiger partial charge in [0, 0.05) is 38.8 Å². The summed E-state index contributed by atoms with van der Waals surface area (Å²) in [6.45, 7) is 2.67. The Labute approximate surface area is 165 Å². The summed E-state index contributed by atoms with van der Waals surface area (Å²) in [5.74, 6) is 1.05. The van der Waals surface area contributed by atoms with Crippen LogP contribution in [0.3, 0.4) is 0 Å². The van der Waals surface area contributed by atoms with Gasteiger partial charge in [-0.2, -0.15) is 0 Å². The van der Waals surface area contributed by atoms with Crippen LogP contribution >= 0.6 is 23.1 Å². The molecule has 1 aromatic heterocycles. The predicted molar refractivity (Wildman–Crippen MR) is 106 cm³/mol. The number of hydrogen-bond donors (Lipinski definition) is 1. The van der Waals surface area contributed by atoms with Crippen LogP contribution in [0.25, 0.3) is 0 Å². The van der Waals surface area contributed by atoms with Gasteiger partial charge in [0.25, 0.3) is 5.91 Å². The van der Waals surface area contributed by atoms with Crippen LogP contribution in [-0.2, 0) is 4.79 Å². The van der Waals surface area contributed by atoms with E-state index in [0.717, 1.165) is 15.2 Å². The van der Waals surface area contributed by atoms with Gasteiger partial charge in [-0.05, 0) is 24.3 Å². The number of nitrogens with one attached hydrogen (secondary N) is 1. The molecule has 2 amide bonds. The first-order chi connectivity index (χ1) is 13.1. The molecule has 2 heterocycles. The van der Waals surface area contributed by atoms with Crippen LogP contribution in [0.15, 0.2) is 28.6 Å². The van der Waals surface area contributed by atoms with E-state index in [2.05, 4.69) is 20.4 Å². The molecular formula is C17H21N5O3S2. The molecule has 0 saturated carbocycles. The van der Waals surface area contributed by atoms with Crippen molar-refractivity contribution in [2.75, 3.05) is 51.0 Å². The van der Waals surface area contributed by atoms with Gasteiger partial charge < -0.3 is 19.9 Å². The van der Waals surface area contributed by atoms with Gasteiger partial charge in [-0.1, -0.05) is 23.1 Å². The number of carbonyl (C=O) groups is 2. The maximum Gasteiger partial charge on any atom is 0.253 e. The highest BCUT2D eigenvalue weighted by Crippen LogP contribution is 2.28. The molecule has 3 rings (SSSR count). The SMILES string of the molecule is CNC(=O)CSc1nnc(N2CCN(C(=O)c3ccc(OC)cc3)CC2)s1. The van der Waals surface area contributed by atoms with Gasteiger partial charge in [0.2, 0.25) is 11.0 Å². The molecule has 1 N–H and O–H groups in total. The highest BCUT2D eigenvalue weighted by Gasteiger charge is 2.24. The minimum Gasteiger partial charge on any atom is -0.497 e. The third kappa shape index (κ3) is 4.89. The van der Waals surface area contributed by atoms with E-state index in [1.165, 1.54) is 23.1 Å². The van der Waals surface area contributed by atoms with Crippen molar-refractivity contribution in [1.29, 1.82) is 0 Å². The summed E-state index contributed by atoms with van der Waals surface area (Å²) < 4.78 is 5.90. The van der Waals surface area contributed by atoms with Gasteiger partial charge in [0.1, 0.15) is 5.75 Å². The first kappa shape index (κ1) is 19.4. The summed E-state index contributed by atoms with van der Waals surface area (Å²) in [5, 5.41) is 11.8. The molecule has 0 bridgehead atoms. The van der Waals surface area contributed by atoms with Crippen molar-refractivity contribution in [2.24, 2.45) is 0 Å². The van der Waals surface area contributed by atoms with Gasteiger partial charge in [-0.15, -0.1) is 10.2 Å². The van der Waals surface area contributed by atoms with Crippen LogP contribution in [0.2, 0.25) is 0 Å². The fourth-order valence-electron chi connectivity index (χ4n) is 2.61. The highest BCUT2D eigenvalue weighted by atomic mass is 32.2. The Bertz CT molecular complexity index is 788. The molecule has 144 valence electrons. The molecule has 1 saturated heterocycles. The van der Waals surface area contributed by atoms with Crippen molar-refractivity contribution >= 4 is 40.0 Å². The lowest BCUT2D eigenvalue weighted by molar-refractivity contribution is -0.118. The molecule has 2 aromatic rings. The summed E-state index contributed by atoms with van der Waals surface area (Å²) in [6, 6.07) is 7.16.